The fraction of sp³-hybridized carbons (Fsp3) is 0.292. The maximum Gasteiger partial charge on any atom is 0.270 e. The van der Waals surface area contributed by atoms with Gasteiger partial charge in [-0.2, -0.15) is 0 Å². The minimum atomic E-state index is -0.471. The summed E-state index contributed by atoms with van der Waals surface area (Å²) >= 11 is 5.25. The van der Waals surface area contributed by atoms with Crippen LogP contribution in [-0.4, -0.2) is 29.5 Å². The lowest BCUT2D eigenvalue weighted by atomic mass is 9.80. The highest BCUT2D eigenvalue weighted by Crippen LogP contribution is 2.42. The zero-order valence-corrected chi connectivity index (χ0v) is 18.4. The van der Waals surface area contributed by atoms with E-state index in [-0.39, 0.29) is 16.2 Å². The molecule has 2 aliphatic rings. The highest BCUT2D eigenvalue weighted by Gasteiger charge is 2.36. The van der Waals surface area contributed by atoms with Crippen molar-refractivity contribution in [2.75, 3.05) is 16.8 Å². The molecule has 2 aliphatic heterocycles. The Labute approximate surface area is 182 Å². The normalized spacial score (nSPS) is 22.2. The Morgan fingerprint density at radius 1 is 1.13 bits per heavy atom. The second-order valence-electron chi connectivity index (χ2n) is 8.59. The van der Waals surface area contributed by atoms with Gasteiger partial charge in [-0.05, 0) is 79.9 Å². The first-order valence-corrected chi connectivity index (χ1v) is 10.4. The van der Waals surface area contributed by atoms with Gasteiger partial charge in [-0.15, -0.1) is 0 Å². The number of nitrogens with one attached hydrogen (secondary N) is 1. The number of carbonyl (C=O) groups excluding carboxylic acids is 2. The fourth-order valence-electron chi connectivity index (χ4n) is 4.32. The van der Waals surface area contributed by atoms with Gasteiger partial charge in [0, 0.05) is 18.3 Å². The monoisotopic (exact) mass is 419 g/mol. The number of para-hydroxylation sites is 1. The molecule has 2 heterocycles. The predicted octanol–water partition coefficient (Wildman–Crippen LogP) is 4.24. The van der Waals surface area contributed by atoms with Crippen molar-refractivity contribution in [3.8, 4) is 0 Å². The van der Waals surface area contributed by atoms with E-state index >= 15 is 0 Å². The molecule has 1 saturated heterocycles. The zero-order valence-electron chi connectivity index (χ0n) is 17.6. The number of thiocarbonyl (C=S) groups is 1. The maximum atomic E-state index is 13.1. The molecule has 0 unspecified atom stereocenters. The molecule has 2 aromatic rings. The van der Waals surface area contributed by atoms with Gasteiger partial charge in [-0.1, -0.05) is 31.2 Å². The second-order valence-corrected chi connectivity index (χ2v) is 8.97. The van der Waals surface area contributed by atoms with Crippen LogP contribution in [0.3, 0.4) is 0 Å². The summed E-state index contributed by atoms with van der Waals surface area (Å²) in [5.41, 5.74) is 4.02. The molecule has 0 bridgehead atoms. The predicted molar refractivity (Wildman–Crippen MR) is 125 cm³/mol. The molecule has 0 spiro atoms. The van der Waals surface area contributed by atoms with E-state index in [1.54, 1.807) is 18.2 Å². The average molecular weight is 420 g/mol. The zero-order chi connectivity index (χ0) is 21.6. The number of hydrogen-bond acceptors (Lipinski definition) is 4. The summed E-state index contributed by atoms with van der Waals surface area (Å²) in [6.07, 6.45) is 2.69. The van der Waals surface area contributed by atoms with Gasteiger partial charge < -0.3 is 4.90 Å². The van der Waals surface area contributed by atoms with Crippen molar-refractivity contribution in [2.45, 2.75) is 38.6 Å². The van der Waals surface area contributed by atoms with E-state index in [0.717, 1.165) is 12.0 Å². The third-order valence-electron chi connectivity index (χ3n) is 6.08. The van der Waals surface area contributed by atoms with E-state index in [1.165, 1.54) is 16.2 Å². The van der Waals surface area contributed by atoms with E-state index < -0.39 is 11.8 Å². The first kappa shape index (κ1) is 20.3. The molecule has 4 rings (SSSR count). The molecular formula is C24H25N3O2S. The number of benzene rings is 2. The van der Waals surface area contributed by atoms with E-state index in [0.29, 0.717) is 11.6 Å². The molecule has 5 nitrogen and oxygen atoms in total. The number of hydrogen-bond donors (Lipinski definition) is 1. The molecule has 154 valence electrons. The number of rotatable bonds is 2. The van der Waals surface area contributed by atoms with Crippen LogP contribution in [0.15, 0.2) is 54.1 Å². The Balaban J connectivity index is 1.72. The van der Waals surface area contributed by atoms with Crippen molar-refractivity contribution < 1.29 is 9.59 Å². The Kier molecular flexibility index (Phi) is 4.98. The van der Waals surface area contributed by atoms with E-state index in [9.17, 15) is 9.59 Å². The summed E-state index contributed by atoms with van der Waals surface area (Å²) in [6, 6.07) is 15.2. The Hall–Kier alpha value is -2.99. The van der Waals surface area contributed by atoms with Crippen LogP contribution < -0.4 is 15.1 Å². The quantitative estimate of drug-likeness (QED) is 0.449. The van der Waals surface area contributed by atoms with Gasteiger partial charge in [-0.25, -0.2) is 0 Å². The molecule has 0 saturated carbocycles. The molecule has 1 N–H and O–H groups in total. The number of anilines is 2. The molecule has 30 heavy (non-hydrogen) atoms. The summed E-state index contributed by atoms with van der Waals surface area (Å²) < 4.78 is 0. The van der Waals surface area contributed by atoms with Crippen LogP contribution in [0.25, 0.3) is 6.08 Å². The second kappa shape index (κ2) is 7.36. The summed E-state index contributed by atoms with van der Waals surface area (Å²) in [5, 5.41) is 2.73. The van der Waals surface area contributed by atoms with Gasteiger partial charge in [0.15, 0.2) is 5.11 Å². The molecule has 1 fully saturated rings. The van der Waals surface area contributed by atoms with Crippen LogP contribution in [0.2, 0.25) is 0 Å². The Morgan fingerprint density at radius 2 is 1.83 bits per heavy atom. The van der Waals surface area contributed by atoms with Crippen LogP contribution in [0, 0.1) is 0 Å². The molecule has 1 atom stereocenters. The third-order valence-corrected chi connectivity index (χ3v) is 6.37. The van der Waals surface area contributed by atoms with E-state index in [2.05, 4.69) is 50.2 Å². The van der Waals surface area contributed by atoms with Crippen molar-refractivity contribution in [3.05, 3.63) is 65.2 Å². The number of fused-ring (bicyclic) bond motifs is 1. The van der Waals surface area contributed by atoms with Crippen molar-refractivity contribution in [3.63, 3.8) is 0 Å². The van der Waals surface area contributed by atoms with Crippen molar-refractivity contribution in [2.24, 2.45) is 0 Å². The highest BCUT2D eigenvalue weighted by molar-refractivity contribution is 7.80. The number of nitrogens with zero attached hydrogens (tertiary/aromatic N) is 2. The lowest BCUT2D eigenvalue weighted by Gasteiger charge is -2.45. The van der Waals surface area contributed by atoms with E-state index in [1.807, 2.05) is 24.3 Å². The molecule has 0 aliphatic carbocycles. The Morgan fingerprint density at radius 3 is 2.53 bits per heavy atom. The standard InChI is InChI=1S/C24H25N3O2S/c1-15-14-24(2,3)26(4)20-11-10-16(12-18(15)20)13-19-21(28)25-23(30)27(22(19)29)17-8-6-5-7-9-17/h5-13,15H,14H2,1-4H3,(H,25,28,30)/b19-13+/t15-/m1/s1. The van der Waals surface area contributed by atoms with Gasteiger partial charge in [0.1, 0.15) is 5.57 Å². The van der Waals surface area contributed by atoms with E-state index in [4.69, 9.17) is 12.2 Å². The first-order chi connectivity index (χ1) is 14.2. The Bertz CT molecular complexity index is 1080. The van der Waals surface area contributed by atoms with Gasteiger partial charge in [-0.3, -0.25) is 19.8 Å². The number of carbonyl (C=O) groups is 2. The van der Waals surface area contributed by atoms with Gasteiger partial charge in [0.25, 0.3) is 11.8 Å². The summed E-state index contributed by atoms with van der Waals surface area (Å²) in [6.45, 7) is 6.71. The minimum absolute atomic E-state index is 0.0737. The van der Waals surface area contributed by atoms with Crippen LogP contribution in [0.1, 0.15) is 44.2 Å². The van der Waals surface area contributed by atoms with Crippen LogP contribution in [-0.2, 0) is 9.59 Å². The highest BCUT2D eigenvalue weighted by atomic mass is 32.1. The molecular weight excluding hydrogens is 394 g/mol. The molecule has 2 amide bonds. The molecule has 0 aromatic heterocycles. The summed E-state index contributed by atoms with van der Waals surface area (Å²) in [7, 11) is 2.11. The lowest BCUT2D eigenvalue weighted by molar-refractivity contribution is -0.122. The minimum Gasteiger partial charge on any atom is -0.369 e. The van der Waals surface area contributed by atoms with Gasteiger partial charge in [0.2, 0.25) is 0 Å². The average Bonchev–Trinajstić information content (AvgIpc) is 2.70. The summed E-state index contributed by atoms with van der Waals surface area (Å²) in [4.78, 5) is 29.4. The third kappa shape index (κ3) is 3.41. The lowest BCUT2D eigenvalue weighted by Crippen LogP contribution is -2.54. The molecule has 6 heteroatoms. The first-order valence-electron chi connectivity index (χ1n) is 10.0. The number of amides is 2. The van der Waals surface area contributed by atoms with Crippen molar-refractivity contribution in [1.82, 2.24) is 5.32 Å². The topological polar surface area (TPSA) is 52.7 Å². The SMILES string of the molecule is C[C@@H]1CC(C)(C)N(C)c2ccc(/C=C3\C(=O)NC(=S)N(c4ccccc4)C3=O)cc21. The van der Waals surface area contributed by atoms with Crippen molar-refractivity contribution >= 4 is 46.6 Å². The smallest absolute Gasteiger partial charge is 0.270 e. The van der Waals surface area contributed by atoms with Crippen LogP contribution >= 0.6 is 12.2 Å². The van der Waals surface area contributed by atoms with Gasteiger partial charge >= 0.3 is 0 Å². The maximum absolute atomic E-state index is 13.1. The van der Waals surface area contributed by atoms with Crippen LogP contribution in [0.5, 0.6) is 0 Å². The largest absolute Gasteiger partial charge is 0.369 e. The van der Waals surface area contributed by atoms with Gasteiger partial charge in [0.05, 0.1) is 5.69 Å². The summed E-state index contributed by atoms with van der Waals surface area (Å²) in [5.74, 6) is -0.506. The fourth-order valence-corrected chi connectivity index (χ4v) is 4.60. The molecule has 2 aromatic carbocycles. The van der Waals surface area contributed by atoms with Crippen LogP contribution in [0.4, 0.5) is 11.4 Å². The van der Waals surface area contributed by atoms with Crippen molar-refractivity contribution in [1.29, 1.82) is 0 Å². The molecule has 0 radical (unpaired) electrons.